The number of halogens is 3. The van der Waals surface area contributed by atoms with Crippen LogP contribution in [0.15, 0.2) is 41.2 Å². The zero-order valence-electron chi connectivity index (χ0n) is 11.5. The Bertz CT molecular complexity index is 821. The van der Waals surface area contributed by atoms with Crippen molar-refractivity contribution in [2.24, 2.45) is 0 Å². The fraction of sp³-hybridized carbons (Fsp3) is 0.143. The van der Waals surface area contributed by atoms with E-state index in [1.807, 2.05) is 0 Å². The van der Waals surface area contributed by atoms with Gasteiger partial charge < -0.3 is 9.09 Å². The van der Waals surface area contributed by atoms with E-state index in [0.29, 0.717) is 24.2 Å². The molecule has 118 valence electrons. The van der Waals surface area contributed by atoms with Crippen LogP contribution in [0.4, 0.5) is 13.2 Å². The molecule has 0 radical (unpaired) electrons. The lowest BCUT2D eigenvalue weighted by Gasteiger charge is -2.05. The summed E-state index contributed by atoms with van der Waals surface area (Å²) in [4.78, 5) is 18.0. The largest absolute Gasteiger partial charge is 0.471 e. The molecule has 1 aromatic carbocycles. The van der Waals surface area contributed by atoms with E-state index in [2.05, 4.69) is 19.6 Å². The SMILES string of the molecule is O=Cc1nccn1Cc1ccc(-c2noc(C(F)(F)F)n2)cc1. The van der Waals surface area contributed by atoms with Crippen molar-refractivity contribution in [1.29, 1.82) is 0 Å². The smallest absolute Gasteiger partial charge is 0.329 e. The Balaban J connectivity index is 1.79. The van der Waals surface area contributed by atoms with Crippen molar-refractivity contribution in [1.82, 2.24) is 19.7 Å². The number of nitrogens with zero attached hydrogens (tertiary/aromatic N) is 4. The van der Waals surface area contributed by atoms with Gasteiger partial charge in [-0.1, -0.05) is 29.4 Å². The van der Waals surface area contributed by atoms with Gasteiger partial charge in [-0.25, -0.2) is 4.98 Å². The summed E-state index contributed by atoms with van der Waals surface area (Å²) in [5.41, 5.74) is 1.24. The lowest BCUT2D eigenvalue weighted by Crippen LogP contribution is -2.05. The highest BCUT2D eigenvalue weighted by Gasteiger charge is 2.38. The van der Waals surface area contributed by atoms with Gasteiger partial charge in [-0.05, 0) is 5.56 Å². The summed E-state index contributed by atoms with van der Waals surface area (Å²) in [7, 11) is 0. The summed E-state index contributed by atoms with van der Waals surface area (Å²) in [6, 6.07) is 6.57. The third-order valence-electron chi connectivity index (χ3n) is 3.09. The number of carbonyl (C=O) groups is 1. The molecular weight excluding hydrogens is 313 g/mol. The van der Waals surface area contributed by atoms with E-state index in [-0.39, 0.29) is 5.82 Å². The van der Waals surface area contributed by atoms with Gasteiger partial charge in [0.2, 0.25) is 5.82 Å². The van der Waals surface area contributed by atoms with E-state index in [9.17, 15) is 18.0 Å². The minimum absolute atomic E-state index is 0.139. The summed E-state index contributed by atoms with van der Waals surface area (Å²) in [5.74, 6) is -1.23. The molecule has 0 N–H and O–H groups in total. The molecule has 3 aromatic rings. The molecule has 23 heavy (non-hydrogen) atoms. The highest BCUT2D eigenvalue weighted by atomic mass is 19.4. The normalized spacial score (nSPS) is 11.6. The second kappa shape index (κ2) is 5.67. The van der Waals surface area contributed by atoms with E-state index >= 15 is 0 Å². The number of hydrogen-bond donors (Lipinski definition) is 0. The summed E-state index contributed by atoms with van der Waals surface area (Å²) in [6.07, 6.45) is -0.854. The van der Waals surface area contributed by atoms with Crippen LogP contribution >= 0.6 is 0 Å². The molecule has 2 aromatic heterocycles. The first-order valence-electron chi connectivity index (χ1n) is 6.44. The van der Waals surface area contributed by atoms with Crippen molar-refractivity contribution in [3.8, 4) is 11.4 Å². The molecule has 2 heterocycles. The molecule has 0 aliphatic heterocycles. The Morgan fingerprint density at radius 3 is 2.57 bits per heavy atom. The molecule has 0 unspecified atom stereocenters. The topological polar surface area (TPSA) is 73.8 Å². The quantitative estimate of drug-likeness (QED) is 0.691. The van der Waals surface area contributed by atoms with Crippen LogP contribution in [-0.4, -0.2) is 26.0 Å². The Hall–Kier alpha value is -2.97. The Morgan fingerprint density at radius 2 is 1.96 bits per heavy atom. The maximum Gasteiger partial charge on any atom is 0.471 e. The predicted octanol–water partition coefficient (Wildman–Crippen LogP) is 2.81. The predicted molar refractivity (Wildman–Crippen MR) is 71.5 cm³/mol. The molecule has 0 aliphatic carbocycles. The average Bonchev–Trinajstić information content (AvgIpc) is 3.16. The molecular formula is C14H9F3N4O2. The van der Waals surface area contributed by atoms with Crippen LogP contribution in [0.25, 0.3) is 11.4 Å². The van der Waals surface area contributed by atoms with Crippen LogP contribution in [-0.2, 0) is 12.7 Å². The molecule has 0 bridgehead atoms. The van der Waals surface area contributed by atoms with Gasteiger partial charge in [-0.15, -0.1) is 0 Å². The molecule has 0 amide bonds. The molecule has 0 aliphatic rings. The minimum Gasteiger partial charge on any atom is -0.329 e. The van der Waals surface area contributed by atoms with Crippen LogP contribution in [0, 0.1) is 0 Å². The number of rotatable bonds is 4. The van der Waals surface area contributed by atoms with E-state index in [1.54, 1.807) is 35.0 Å². The first kappa shape index (κ1) is 14.9. The molecule has 0 saturated heterocycles. The standard InChI is InChI=1S/C14H9F3N4O2/c15-14(16,17)13-19-12(20-23-13)10-3-1-9(2-4-10)7-21-6-5-18-11(21)8-22/h1-6,8H,7H2. The summed E-state index contributed by atoms with van der Waals surface area (Å²) in [5, 5.41) is 3.32. The summed E-state index contributed by atoms with van der Waals surface area (Å²) < 4.78 is 43.1. The molecule has 0 fully saturated rings. The van der Waals surface area contributed by atoms with Crippen molar-refractivity contribution in [3.63, 3.8) is 0 Å². The van der Waals surface area contributed by atoms with E-state index < -0.39 is 12.1 Å². The molecule has 0 saturated carbocycles. The van der Waals surface area contributed by atoms with Gasteiger partial charge in [0.05, 0.1) is 0 Å². The van der Waals surface area contributed by atoms with E-state index in [1.165, 1.54) is 6.20 Å². The van der Waals surface area contributed by atoms with Gasteiger partial charge in [-0.3, -0.25) is 4.79 Å². The maximum atomic E-state index is 12.4. The lowest BCUT2D eigenvalue weighted by atomic mass is 10.1. The molecule has 9 heteroatoms. The summed E-state index contributed by atoms with van der Waals surface area (Å²) in [6.45, 7) is 0.411. The zero-order valence-corrected chi connectivity index (χ0v) is 11.5. The number of benzene rings is 1. The average molecular weight is 322 g/mol. The Kier molecular flexibility index (Phi) is 3.68. The zero-order chi connectivity index (χ0) is 16.4. The van der Waals surface area contributed by atoms with Gasteiger partial charge in [0.25, 0.3) is 0 Å². The van der Waals surface area contributed by atoms with Crippen LogP contribution in [0.1, 0.15) is 22.1 Å². The second-order valence-electron chi connectivity index (χ2n) is 4.65. The Morgan fingerprint density at radius 1 is 1.22 bits per heavy atom. The van der Waals surface area contributed by atoms with E-state index in [0.717, 1.165) is 5.56 Å². The van der Waals surface area contributed by atoms with Crippen molar-refractivity contribution in [2.45, 2.75) is 12.7 Å². The number of aromatic nitrogens is 4. The molecule has 6 nitrogen and oxygen atoms in total. The van der Waals surface area contributed by atoms with Crippen LogP contribution in [0.2, 0.25) is 0 Å². The highest BCUT2D eigenvalue weighted by molar-refractivity contribution is 5.69. The van der Waals surface area contributed by atoms with Crippen molar-refractivity contribution in [2.75, 3.05) is 0 Å². The van der Waals surface area contributed by atoms with Crippen LogP contribution < -0.4 is 0 Å². The number of aldehydes is 1. The maximum absolute atomic E-state index is 12.4. The fourth-order valence-electron chi connectivity index (χ4n) is 1.98. The number of carbonyl (C=O) groups excluding carboxylic acids is 1. The molecule has 0 atom stereocenters. The number of imidazole rings is 1. The van der Waals surface area contributed by atoms with Crippen molar-refractivity contribution in [3.05, 3.63) is 53.9 Å². The van der Waals surface area contributed by atoms with Crippen LogP contribution in [0.5, 0.6) is 0 Å². The van der Waals surface area contributed by atoms with Gasteiger partial charge >= 0.3 is 12.1 Å². The Labute approximate surface area is 127 Å². The van der Waals surface area contributed by atoms with Crippen molar-refractivity contribution >= 4 is 6.29 Å². The monoisotopic (exact) mass is 322 g/mol. The molecule has 0 spiro atoms. The van der Waals surface area contributed by atoms with Crippen LogP contribution in [0.3, 0.4) is 0 Å². The van der Waals surface area contributed by atoms with Gasteiger partial charge in [0.1, 0.15) is 0 Å². The number of hydrogen-bond acceptors (Lipinski definition) is 5. The number of alkyl halides is 3. The fourth-order valence-corrected chi connectivity index (χ4v) is 1.98. The first-order chi connectivity index (χ1) is 11.0. The highest BCUT2D eigenvalue weighted by Crippen LogP contribution is 2.29. The van der Waals surface area contributed by atoms with Gasteiger partial charge in [0, 0.05) is 24.5 Å². The first-order valence-corrected chi connectivity index (χ1v) is 6.44. The second-order valence-corrected chi connectivity index (χ2v) is 4.65. The third-order valence-corrected chi connectivity index (χ3v) is 3.09. The van der Waals surface area contributed by atoms with Gasteiger partial charge in [0.15, 0.2) is 12.1 Å². The van der Waals surface area contributed by atoms with Crippen molar-refractivity contribution < 1.29 is 22.5 Å². The van der Waals surface area contributed by atoms with E-state index in [4.69, 9.17) is 0 Å². The minimum atomic E-state index is -4.67. The van der Waals surface area contributed by atoms with Gasteiger partial charge in [-0.2, -0.15) is 18.2 Å². The summed E-state index contributed by atoms with van der Waals surface area (Å²) >= 11 is 0. The third kappa shape index (κ3) is 3.12. The lowest BCUT2D eigenvalue weighted by molar-refractivity contribution is -0.159. The molecule has 3 rings (SSSR count).